The molecule has 1 aromatic rings. The van der Waals surface area contributed by atoms with E-state index in [0.29, 0.717) is 12.0 Å². The van der Waals surface area contributed by atoms with Gasteiger partial charge in [-0.25, -0.2) is 8.78 Å². The van der Waals surface area contributed by atoms with Crippen LogP contribution >= 0.6 is 0 Å². The molecule has 0 saturated carbocycles. The molecule has 3 heteroatoms. The fourth-order valence-corrected chi connectivity index (χ4v) is 2.31. The molecule has 0 bridgehead atoms. The van der Waals surface area contributed by atoms with E-state index in [-0.39, 0.29) is 12.8 Å². The standard InChI is InChI=1S/C13H14F2O/c1-2-8-12(16)11-6-4-3-5-10(11)7-9-13(12,14)15/h2-6,16H,1,7-9H2/t12-/m1/s1. The summed E-state index contributed by atoms with van der Waals surface area (Å²) in [5, 5.41) is 10.2. The molecule has 0 fully saturated rings. The molecular formula is C13H14F2O. The molecule has 1 aliphatic rings. The molecule has 0 aliphatic heterocycles. The summed E-state index contributed by atoms with van der Waals surface area (Å²) < 4.78 is 27.6. The highest BCUT2D eigenvalue weighted by Crippen LogP contribution is 2.48. The summed E-state index contributed by atoms with van der Waals surface area (Å²) in [6, 6.07) is 6.84. The minimum Gasteiger partial charge on any atom is -0.378 e. The molecule has 1 aromatic carbocycles. The van der Waals surface area contributed by atoms with Gasteiger partial charge in [0.2, 0.25) is 0 Å². The van der Waals surface area contributed by atoms with Crippen LogP contribution in [-0.2, 0) is 12.0 Å². The van der Waals surface area contributed by atoms with Crippen molar-refractivity contribution in [3.05, 3.63) is 48.0 Å². The number of aryl methyl sites for hydroxylation is 1. The van der Waals surface area contributed by atoms with Gasteiger partial charge in [-0.3, -0.25) is 0 Å². The van der Waals surface area contributed by atoms with Gasteiger partial charge in [0, 0.05) is 12.8 Å². The van der Waals surface area contributed by atoms with E-state index in [4.69, 9.17) is 0 Å². The van der Waals surface area contributed by atoms with Crippen LogP contribution in [0.5, 0.6) is 0 Å². The van der Waals surface area contributed by atoms with Crippen LogP contribution in [0.2, 0.25) is 0 Å². The highest BCUT2D eigenvalue weighted by molar-refractivity contribution is 5.37. The summed E-state index contributed by atoms with van der Waals surface area (Å²) in [5.74, 6) is -3.09. The summed E-state index contributed by atoms with van der Waals surface area (Å²) >= 11 is 0. The molecule has 1 nitrogen and oxygen atoms in total. The molecule has 2 rings (SSSR count). The van der Waals surface area contributed by atoms with E-state index in [9.17, 15) is 13.9 Å². The second kappa shape index (κ2) is 3.67. The maximum Gasteiger partial charge on any atom is 0.280 e. The molecular weight excluding hydrogens is 210 g/mol. The number of fused-ring (bicyclic) bond motifs is 1. The Morgan fingerprint density at radius 3 is 2.75 bits per heavy atom. The Labute approximate surface area is 93.4 Å². The third-order valence-electron chi connectivity index (χ3n) is 3.22. The minimum absolute atomic E-state index is 0.128. The number of hydrogen-bond donors (Lipinski definition) is 1. The largest absolute Gasteiger partial charge is 0.378 e. The molecule has 0 saturated heterocycles. The number of alkyl halides is 2. The van der Waals surface area contributed by atoms with E-state index in [1.165, 1.54) is 6.08 Å². The zero-order valence-corrected chi connectivity index (χ0v) is 8.92. The Morgan fingerprint density at radius 2 is 2.06 bits per heavy atom. The average Bonchev–Trinajstić information content (AvgIpc) is 2.25. The van der Waals surface area contributed by atoms with E-state index in [1.807, 2.05) is 0 Å². The van der Waals surface area contributed by atoms with E-state index in [0.717, 1.165) is 5.56 Å². The van der Waals surface area contributed by atoms with E-state index >= 15 is 0 Å². The lowest BCUT2D eigenvalue weighted by atomic mass is 9.74. The highest BCUT2D eigenvalue weighted by Gasteiger charge is 2.55. The van der Waals surface area contributed by atoms with Crippen molar-refractivity contribution in [1.29, 1.82) is 0 Å². The van der Waals surface area contributed by atoms with E-state index in [1.54, 1.807) is 24.3 Å². The topological polar surface area (TPSA) is 20.2 Å². The molecule has 0 heterocycles. The van der Waals surface area contributed by atoms with Crippen LogP contribution < -0.4 is 0 Å². The van der Waals surface area contributed by atoms with Gasteiger partial charge in [0.15, 0.2) is 5.60 Å². The van der Waals surface area contributed by atoms with Gasteiger partial charge in [-0.15, -0.1) is 6.58 Å². The Kier molecular flexibility index (Phi) is 2.58. The first-order chi connectivity index (χ1) is 7.51. The first-order valence-corrected chi connectivity index (χ1v) is 5.31. The molecule has 0 spiro atoms. The van der Waals surface area contributed by atoms with Gasteiger partial charge in [-0.2, -0.15) is 0 Å². The zero-order valence-electron chi connectivity index (χ0n) is 8.92. The van der Waals surface area contributed by atoms with Crippen molar-refractivity contribution < 1.29 is 13.9 Å². The van der Waals surface area contributed by atoms with Gasteiger partial charge in [0.05, 0.1) is 0 Å². The van der Waals surface area contributed by atoms with Gasteiger partial charge in [0.1, 0.15) is 0 Å². The third-order valence-corrected chi connectivity index (χ3v) is 3.22. The Balaban J connectivity index is 2.57. The van der Waals surface area contributed by atoms with Crippen molar-refractivity contribution in [2.24, 2.45) is 0 Å². The lowest BCUT2D eigenvalue weighted by molar-refractivity contribution is -0.195. The molecule has 16 heavy (non-hydrogen) atoms. The van der Waals surface area contributed by atoms with Crippen molar-refractivity contribution in [1.82, 2.24) is 0 Å². The van der Waals surface area contributed by atoms with Crippen LogP contribution in [0.25, 0.3) is 0 Å². The molecule has 1 aliphatic carbocycles. The van der Waals surface area contributed by atoms with Crippen LogP contribution in [0.3, 0.4) is 0 Å². The highest BCUT2D eigenvalue weighted by atomic mass is 19.3. The average molecular weight is 224 g/mol. The van der Waals surface area contributed by atoms with Crippen molar-refractivity contribution in [2.45, 2.75) is 30.8 Å². The SMILES string of the molecule is C=CC[C@@]1(O)c2ccccc2CCC1(F)F. The summed E-state index contributed by atoms with van der Waals surface area (Å²) in [4.78, 5) is 0. The number of benzene rings is 1. The normalized spacial score (nSPS) is 27.2. The van der Waals surface area contributed by atoms with Crippen LogP contribution in [0, 0.1) is 0 Å². The van der Waals surface area contributed by atoms with Crippen LogP contribution in [0.1, 0.15) is 24.0 Å². The van der Waals surface area contributed by atoms with Crippen LogP contribution in [0.15, 0.2) is 36.9 Å². The van der Waals surface area contributed by atoms with Crippen molar-refractivity contribution in [2.75, 3.05) is 0 Å². The molecule has 0 radical (unpaired) electrons. The summed E-state index contributed by atoms with van der Waals surface area (Å²) in [6.45, 7) is 3.45. The smallest absolute Gasteiger partial charge is 0.280 e. The Bertz CT molecular complexity index is 414. The summed E-state index contributed by atoms with van der Waals surface area (Å²) in [6.07, 6.45) is 1.21. The number of halogens is 2. The van der Waals surface area contributed by atoms with Gasteiger partial charge >= 0.3 is 0 Å². The lowest BCUT2D eigenvalue weighted by Gasteiger charge is -2.40. The number of rotatable bonds is 2. The van der Waals surface area contributed by atoms with Crippen LogP contribution in [-0.4, -0.2) is 11.0 Å². The number of aliphatic hydroxyl groups is 1. The van der Waals surface area contributed by atoms with Crippen molar-refractivity contribution >= 4 is 0 Å². The lowest BCUT2D eigenvalue weighted by Crippen LogP contribution is -2.48. The molecule has 1 atom stereocenters. The fourth-order valence-electron chi connectivity index (χ4n) is 2.31. The summed E-state index contributed by atoms with van der Waals surface area (Å²) in [7, 11) is 0. The quantitative estimate of drug-likeness (QED) is 0.765. The zero-order chi connectivity index (χ0) is 11.8. The molecule has 86 valence electrons. The van der Waals surface area contributed by atoms with Gasteiger partial charge in [-0.1, -0.05) is 30.3 Å². The molecule has 0 amide bonds. The van der Waals surface area contributed by atoms with Gasteiger partial charge < -0.3 is 5.11 Å². The fraction of sp³-hybridized carbons (Fsp3) is 0.385. The maximum atomic E-state index is 13.8. The number of hydrogen-bond acceptors (Lipinski definition) is 1. The predicted molar refractivity (Wildman–Crippen MR) is 58.4 cm³/mol. The van der Waals surface area contributed by atoms with Crippen molar-refractivity contribution in [3.63, 3.8) is 0 Å². The monoisotopic (exact) mass is 224 g/mol. The summed E-state index contributed by atoms with van der Waals surface area (Å²) in [5.41, 5.74) is -0.951. The van der Waals surface area contributed by atoms with Crippen molar-refractivity contribution in [3.8, 4) is 0 Å². The Hall–Kier alpha value is -1.22. The molecule has 0 unspecified atom stereocenters. The second-order valence-corrected chi connectivity index (χ2v) is 4.21. The second-order valence-electron chi connectivity index (χ2n) is 4.21. The predicted octanol–water partition coefficient (Wildman–Crippen LogP) is 3.03. The maximum absolute atomic E-state index is 13.8. The minimum atomic E-state index is -3.09. The van der Waals surface area contributed by atoms with Crippen LogP contribution in [0.4, 0.5) is 8.78 Å². The first kappa shape index (κ1) is 11.3. The third kappa shape index (κ3) is 1.47. The van der Waals surface area contributed by atoms with E-state index in [2.05, 4.69) is 6.58 Å². The van der Waals surface area contributed by atoms with Gasteiger partial charge in [-0.05, 0) is 17.5 Å². The molecule has 1 N–H and O–H groups in total. The van der Waals surface area contributed by atoms with Gasteiger partial charge in [0.25, 0.3) is 5.92 Å². The first-order valence-electron chi connectivity index (χ1n) is 5.31. The molecule has 0 aromatic heterocycles. The Morgan fingerprint density at radius 1 is 1.38 bits per heavy atom. The van der Waals surface area contributed by atoms with E-state index < -0.39 is 11.5 Å².